The predicted octanol–water partition coefficient (Wildman–Crippen LogP) is 5.72. The molecule has 0 saturated heterocycles. The Bertz CT molecular complexity index is 731. The first-order chi connectivity index (χ1) is 10.7. The van der Waals surface area contributed by atoms with Gasteiger partial charge in [0.2, 0.25) is 0 Å². The van der Waals surface area contributed by atoms with E-state index < -0.39 is 0 Å². The predicted molar refractivity (Wildman–Crippen MR) is 94.8 cm³/mol. The summed E-state index contributed by atoms with van der Waals surface area (Å²) in [6.07, 6.45) is 4.25. The SMILES string of the molecule is CC#CCC1(CC=C(C)C)c2ccccc2-c2ccccc21. The van der Waals surface area contributed by atoms with Gasteiger partial charge in [0.1, 0.15) is 0 Å². The van der Waals surface area contributed by atoms with Crippen LogP contribution in [-0.4, -0.2) is 0 Å². The highest BCUT2D eigenvalue weighted by atomic mass is 14.4. The summed E-state index contributed by atoms with van der Waals surface area (Å²) in [6.45, 7) is 6.28. The van der Waals surface area contributed by atoms with Gasteiger partial charge in [-0.1, -0.05) is 60.2 Å². The molecule has 0 unspecified atom stereocenters. The number of rotatable bonds is 3. The Balaban J connectivity index is 2.26. The van der Waals surface area contributed by atoms with Crippen LogP contribution in [0.3, 0.4) is 0 Å². The molecule has 1 aliphatic carbocycles. The monoisotopic (exact) mass is 286 g/mol. The van der Waals surface area contributed by atoms with Crippen molar-refractivity contribution >= 4 is 0 Å². The second-order valence-corrected chi connectivity index (χ2v) is 6.26. The number of benzene rings is 2. The third-order valence-electron chi connectivity index (χ3n) is 4.60. The molecule has 2 aromatic rings. The Labute approximate surface area is 133 Å². The van der Waals surface area contributed by atoms with Crippen molar-refractivity contribution in [2.75, 3.05) is 0 Å². The zero-order valence-electron chi connectivity index (χ0n) is 13.6. The molecule has 0 fully saturated rings. The maximum Gasteiger partial charge on any atom is 0.0358 e. The summed E-state index contributed by atoms with van der Waals surface area (Å²) in [4.78, 5) is 0. The minimum absolute atomic E-state index is 0.00648. The molecule has 0 aliphatic heterocycles. The average Bonchev–Trinajstić information content (AvgIpc) is 2.82. The van der Waals surface area contributed by atoms with E-state index in [0.29, 0.717) is 0 Å². The van der Waals surface area contributed by atoms with Gasteiger partial charge in [0, 0.05) is 11.8 Å². The topological polar surface area (TPSA) is 0 Å². The normalized spacial score (nSPS) is 13.6. The lowest BCUT2D eigenvalue weighted by molar-refractivity contribution is 0.549. The van der Waals surface area contributed by atoms with E-state index in [0.717, 1.165) is 12.8 Å². The highest BCUT2D eigenvalue weighted by molar-refractivity contribution is 5.81. The van der Waals surface area contributed by atoms with Crippen LogP contribution in [0.15, 0.2) is 60.2 Å². The molecule has 1 aliphatic rings. The number of hydrogen-bond acceptors (Lipinski definition) is 0. The smallest absolute Gasteiger partial charge is 0.0358 e. The molecule has 0 radical (unpaired) electrons. The summed E-state index contributed by atoms with van der Waals surface area (Å²) < 4.78 is 0. The van der Waals surface area contributed by atoms with E-state index in [1.54, 1.807) is 0 Å². The zero-order chi connectivity index (χ0) is 15.6. The van der Waals surface area contributed by atoms with Gasteiger partial charge in [-0.3, -0.25) is 0 Å². The summed E-state index contributed by atoms with van der Waals surface area (Å²) in [6, 6.07) is 17.6. The van der Waals surface area contributed by atoms with E-state index in [-0.39, 0.29) is 5.41 Å². The van der Waals surface area contributed by atoms with E-state index >= 15 is 0 Å². The number of hydrogen-bond donors (Lipinski definition) is 0. The molecular formula is C22H22. The molecule has 0 atom stereocenters. The lowest BCUT2D eigenvalue weighted by Crippen LogP contribution is -2.24. The first kappa shape index (κ1) is 14.7. The Morgan fingerprint density at radius 3 is 2.00 bits per heavy atom. The second kappa shape index (κ2) is 5.85. The van der Waals surface area contributed by atoms with E-state index in [9.17, 15) is 0 Å². The molecule has 0 heterocycles. The summed E-state index contributed by atoms with van der Waals surface area (Å²) in [5, 5.41) is 0. The van der Waals surface area contributed by atoms with Gasteiger partial charge >= 0.3 is 0 Å². The molecule has 110 valence electrons. The molecule has 0 amide bonds. The maximum absolute atomic E-state index is 3.36. The third-order valence-corrected chi connectivity index (χ3v) is 4.60. The Morgan fingerprint density at radius 2 is 1.50 bits per heavy atom. The molecule has 0 aromatic heterocycles. The fraction of sp³-hybridized carbons (Fsp3) is 0.273. The van der Waals surface area contributed by atoms with Gasteiger partial charge in [-0.25, -0.2) is 0 Å². The third kappa shape index (κ3) is 2.28. The van der Waals surface area contributed by atoms with Crippen molar-refractivity contribution in [2.24, 2.45) is 0 Å². The van der Waals surface area contributed by atoms with Crippen molar-refractivity contribution in [1.82, 2.24) is 0 Å². The Hall–Kier alpha value is -2.26. The van der Waals surface area contributed by atoms with Crippen LogP contribution in [-0.2, 0) is 5.41 Å². The van der Waals surface area contributed by atoms with Crippen LogP contribution in [0.25, 0.3) is 11.1 Å². The van der Waals surface area contributed by atoms with Gasteiger partial charge in [-0.2, -0.15) is 0 Å². The first-order valence-electron chi connectivity index (χ1n) is 7.91. The minimum Gasteiger partial charge on any atom is -0.107 e. The Morgan fingerprint density at radius 1 is 0.955 bits per heavy atom. The van der Waals surface area contributed by atoms with Crippen LogP contribution in [0, 0.1) is 11.8 Å². The Kier molecular flexibility index (Phi) is 3.90. The van der Waals surface area contributed by atoms with Crippen molar-refractivity contribution in [3.05, 3.63) is 71.3 Å². The molecule has 2 aromatic carbocycles. The van der Waals surface area contributed by atoms with Gasteiger partial charge in [-0.05, 0) is 49.4 Å². The van der Waals surface area contributed by atoms with Crippen molar-refractivity contribution in [3.8, 4) is 23.0 Å². The summed E-state index contributed by atoms with van der Waals surface area (Å²) in [5.41, 5.74) is 6.96. The van der Waals surface area contributed by atoms with Crippen molar-refractivity contribution in [2.45, 2.75) is 39.0 Å². The minimum atomic E-state index is -0.00648. The quantitative estimate of drug-likeness (QED) is 0.500. The van der Waals surface area contributed by atoms with E-state index in [2.05, 4.69) is 80.3 Å². The van der Waals surface area contributed by atoms with E-state index in [1.165, 1.54) is 27.8 Å². The van der Waals surface area contributed by atoms with Gasteiger partial charge in [0.25, 0.3) is 0 Å². The van der Waals surface area contributed by atoms with Crippen LogP contribution in [0.5, 0.6) is 0 Å². The molecule has 0 heteroatoms. The van der Waals surface area contributed by atoms with Crippen LogP contribution in [0.1, 0.15) is 44.7 Å². The van der Waals surface area contributed by atoms with Gasteiger partial charge in [-0.15, -0.1) is 11.8 Å². The fourth-order valence-electron chi connectivity index (χ4n) is 3.52. The first-order valence-corrected chi connectivity index (χ1v) is 7.91. The number of allylic oxidation sites excluding steroid dienone is 2. The summed E-state index contributed by atoms with van der Waals surface area (Å²) in [5.74, 6) is 6.46. The van der Waals surface area contributed by atoms with Crippen LogP contribution >= 0.6 is 0 Å². The average molecular weight is 286 g/mol. The van der Waals surface area contributed by atoms with Gasteiger partial charge in [0.15, 0.2) is 0 Å². The number of fused-ring (bicyclic) bond motifs is 3. The lowest BCUT2D eigenvalue weighted by Gasteiger charge is -2.29. The molecule has 0 N–H and O–H groups in total. The largest absolute Gasteiger partial charge is 0.107 e. The van der Waals surface area contributed by atoms with E-state index in [4.69, 9.17) is 0 Å². The summed E-state index contributed by atoms with van der Waals surface area (Å²) in [7, 11) is 0. The van der Waals surface area contributed by atoms with Gasteiger partial charge in [0.05, 0.1) is 0 Å². The van der Waals surface area contributed by atoms with Crippen molar-refractivity contribution in [1.29, 1.82) is 0 Å². The van der Waals surface area contributed by atoms with E-state index in [1.807, 2.05) is 6.92 Å². The fourth-order valence-corrected chi connectivity index (χ4v) is 3.52. The molecule has 0 bridgehead atoms. The molecule has 0 spiro atoms. The zero-order valence-corrected chi connectivity index (χ0v) is 13.6. The molecule has 3 rings (SSSR count). The molecule has 22 heavy (non-hydrogen) atoms. The lowest BCUT2D eigenvalue weighted by atomic mass is 9.72. The standard InChI is InChI=1S/C22H22/c1-4-5-15-22(16-14-17(2)3)20-12-8-6-10-18(20)19-11-7-9-13-21(19)22/h6-14H,15-16H2,1-3H3. The van der Waals surface area contributed by atoms with Gasteiger partial charge < -0.3 is 0 Å². The highest BCUT2D eigenvalue weighted by Gasteiger charge is 2.41. The van der Waals surface area contributed by atoms with Crippen LogP contribution < -0.4 is 0 Å². The maximum atomic E-state index is 3.36. The van der Waals surface area contributed by atoms with Crippen molar-refractivity contribution < 1.29 is 0 Å². The highest BCUT2D eigenvalue weighted by Crippen LogP contribution is 2.52. The molecule has 0 saturated carbocycles. The van der Waals surface area contributed by atoms with Crippen LogP contribution in [0.4, 0.5) is 0 Å². The second-order valence-electron chi connectivity index (χ2n) is 6.26. The summed E-state index contributed by atoms with van der Waals surface area (Å²) >= 11 is 0. The van der Waals surface area contributed by atoms with Crippen LogP contribution in [0.2, 0.25) is 0 Å². The molecular weight excluding hydrogens is 264 g/mol. The molecule has 0 nitrogen and oxygen atoms in total. The van der Waals surface area contributed by atoms with Crippen molar-refractivity contribution in [3.63, 3.8) is 0 Å².